The molecule has 2 heterocycles. The average molecular weight is 448 g/mol. The lowest BCUT2D eigenvalue weighted by atomic mass is 10.2. The van der Waals surface area contributed by atoms with Crippen LogP contribution >= 0.6 is 27.3 Å². The molecule has 8 heteroatoms. The number of halogens is 1. The molecular weight excluding hydrogens is 430 g/mol. The molecule has 1 amide bonds. The van der Waals surface area contributed by atoms with E-state index in [1.54, 1.807) is 25.4 Å². The standard InChI is InChI=1S/C19H18BrN3O3S/c1-3-8-26-17-13(20)9-12(10-16(17)25-2)18(24)23-19-22-15(11-27-19)14-6-4-5-7-21-14/h4-7,9-11H,3,8H2,1-2H3,(H,22,23,24). The minimum Gasteiger partial charge on any atom is -0.493 e. The largest absolute Gasteiger partial charge is 0.493 e. The van der Waals surface area contributed by atoms with Crippen molar-refractivity contribution in [1.82, 2.24) is 9.97 Å². The van der Waals surface area contributed by atoms with Crippen LogP contribution in [0.15, 0.2) is 46.4 Å². The van der Waals surface area contributed by atoms with Crippen molar-refractivity contribution in [2.24, 2.45) is 0 Å². The number of rotatable bonds is 7. The molecule has 0 saturated heterocycles. The number of nitrogens with one attached hydrogen (secondary N) is 1. The number of carbonyl (C=O) groups is 1. The lowest BCUT2D eigenvalue weighted by Crippen LogP contribution is -2.12. The fourth-order valence-corrected chi connectivity index (χ4v) is 3.58. The second-order valence-corrected chi connectivity index (χ2v) is 7.26. The van der Waals surface area contributed by atoms with E-state index in [1.165, 1.54) is 11.3 Å². The molecule has 0 atom stereocenters. The maximum atomic E-state index is 12.6. The van der Waals surface area contributed by atoms with Crippen LogP contribution < -0.4 is 14.8 Å². The number of aromatic nitrogens is 2. The normalized spacial score (nSPS) is 10.5. The van der Waals surface area contributed by atoms with Crippen molar-refractivity contribution in [3.8, 4) is 22.9 Å². The number of ether oxygens (including phenoxy) is 2. The molecule has 0 bridgehead atoms. The summed E-state index contributed by atoms with van der Waals surface area (Å²) in [6, 6.07) is 8.97. The average Bonchev–Trinajstić information content (AvgIpc) is 3.15. The van der Waals surface area contributed by atoms with Crippen LogP contribution in [0, 0.1) is 0 Å². The molecule has 140 valence electrons. The molecule has 1 aromatic carbocycles. The molecule has 1 N–H and O–H groups in total. The first-order chi connectivity index (χ1) is 13.1. The number of benzene rings is 1. The molecule has 0 aliphatic carbocycles. The van der Waals surface area contributed by atoms with E-state index in [0.29, 0.717) is 33.3 Å². The number of nitrogens with zero attached hydrogens (tertiary/aromatic N) is 2. The molecule has 6 nitrogen and oxygen atoms in total. The van der Waals surface area contributed by atoms with E-state index in [0.717, 1.165) is 17.8 Å². The van der Waals surface area contributed by atoms with Crippen LogP contribution in [0.2, 0.25) is 0 Å². The Balaban J connectivity index is 1.78. The Labute approximate surface area is 169 Å². The maximum absolute atomic E-state index is 12.6. The summed E-state index contributed by atoms with van der Waals surface area (Å²) < 4.78 is 11.7. The Kier molecular flexibility index (Phi) is 6.41. The van der Waals surface area contributed by atoms with Gasteiger partial charge in [0.2, 0.25) is 0 Å². The summed E-state index contributed by atoms with van der Waals surface area (Å²) in [6.45, 7) is 2.59. The molecule has 0 aliphatic rings. The van der Waals surface area contributed by atoms with Crippen molar-refractivity contribution in [2.45, 2.75) is 13.3 Å². The number of hydrogen-bond donors (Lipinski definition) is 1. The molecular formula is C19H18BrN3O3S. The fourth-order valence-electron chi connectivity index (χ4n) is 2.33. The molecule has 27 heavy (non-hydrogen) atoms. The van der Waals surface area contributed by atoms with E-state index in [-0.39, 0.29) is 5.91 Å². The van der Waals surface area contributed by atoms with Crippen molar-refractivity contribution in [3.63, 3.8) is 0 Å². The number of methoxy groups -OCH3 is 1. The highest BCUT2D eigenvalue weighted by Crippen LogP contribution is 2.37. The molecule has 0 saturated carbocycles. The van der Waals surface area contributed by atoms with Gasteiger partial charge in [0, 0.05) is 17.1 Å². The number of thiazole rings is 1. The van der Waals surface area contributed by atoms with Gasteiger partial charge < -0.3 is 9.47 Å². The van der Waals surface area contributed by atoms with Gasteiger partial charge in [0.05, 0.1) is 23.9 Å². The summed E-state index contributed by atoms with van der Waals surface area (Å²) in [7, 11) is 1.54. The predicted octanol–water partition coefficient (Wildman–Crippen LogP) is 5.02. The second-order valence-electron chi connectivity index (χ2n) is 5.54. The van der Waals surface area contributed by atoms with Crippen LogP contribution in [0.25, 0.3) is 11.4 Å². The van der Waals surface area contributed by atoms with Crippen molar-refractivity contribution >= 4 is 38.3 Å². The first-order valence-corrected chi connectivity index (χ1v) is 9.98. The third-order valence-corrected chi connectivity index (χ3v) is 4.94. The van der Waals surface area contributed by atoms with E-state index in [4.69, 9.17) is 9.47 Å². The van der Waals surface area contributed by atoms with Crippen molar-refractivity contribution in [3.05, 3.63) is 51.9 Å². The summed E-state index contributed by atoms with van der Waals surface area (Å²) in [5.41, 5.74) is 1.92. The monoisotopic (exact) mass is 447 g/mol. The highest BCUT2D eigenvalue weighted by atomic mass is 79.9. The first-order valence-electron chi connectivity index (χ1n) is 8.31. The number of amides is 1. The van der Waals surface area contributed by atoms with Crippen LogP contribution in [0.5, 0.6) is 11.5 Å². The lowest BCUT2D eigenvalue weighted by molar-refractivity contribution is 0.102. The van der Waals surface area contributed by atoms with Gasteiger partial charge in [0.25, 0.3) is 5.91 Å². The molecule has 0 unspecified atom stereocenters. The molecule has 0 fully saturated rings. The van der Waals surface area contributed by atoms with Crippen molar-refractivity contribution in [1.29, 1.82) is 0 Å². The predicted molar refractivity (Wildman–Crippen MR) is 110 cm³/mol. The number of pyridine rings is 1. The zero-order valence-corrected chi connectivity index (χ0v) is 17.3. The van der Waals surface area contributed by atoms with Crippen LogP contribution in [0.3, 0.4) is 0 Å². The molecule has 0 spiro atoms. The lowest BCUT2D eigenvalue weighted by Gasteiger charge is -2.13. The van der Waals surface area contributed by atoms with E-state index in [9.17, 15) is 4.79 Å². The van der Waals surface area contributed by atoms with Crippen LogP contribution in [-0.2, 0) is 0 Å². The van der Waals surface area contributed by atoms with Gasteiger partial charge in [-0.2, -0.15) is 0 Å². The molecule has 0 radical (unpaired) electrons. The third-order valence-electron chi connectivity index (χ3n) is 3.59. The summed E-state index contributed by atoms with van der Waals surface area (Å²) in [5, 5.41) is 5.17. The Hall–Kier alpha value is -2.45. The molecule has 3 aromatic rings. The molecule has 3 rings (SSSR count). The summed E-state index contributed by atoms with van der Waals surface area (Å²) in [5.74, 6) is 0.803. The van der Waals surface area contributed by atoms with Crippen molar-refractivity contribution in [2.75, 3.05) is 19.0 Å². The van der Waals surface area contributed by atoms with E-state index < -0.39 is 0 Å². The highest BCUT2D eigenvalue weighted by Gasteiger charge is 2.17. The minimum atomic E-state index is -0.280. The Morgan fingerprint density at radius 3 is 2.85 bits per heavy atom. The van der Waals surface area contributed by atoms with Crippen LogP contribution in [-0.4, -0.2) is 29.6 Å². The molecule has 0 aliphatic heterocycles. The van der Waals surface area contributed by atoms with E-state index >= 15 is 0 Å². The summed E-state index contributed by atoms with van der Waals surface area (Å²) in [4.78, 5) is 21.3. The van der Waals surface area contributed by atoms with E-state index in [1.807, 2.05) is 30.5 Å². The van der Waals surface area contributed by atoms with Crippen molar-refractivity contribution < 1.29 is 14.3 Å². The van der Waals surface area contributed by atoms with Gasteiger partial charge in [-0.1, -0.05) is 13.0 Å². The summed E-state index contributed by atoms with van der Waals surface area (Å²) in [6.07, 6.45) is 2.58. The fraction of sp³-hybridized carbons (Fsp3) is 0.211. The minimum absolute atomic E-state index is 0.280. The summed E-state index contributed by atoms with van der Waals surface area (Å²) >= 11 is 4.80. The third kappa shape index (κ3) is 4.64. The highest BCUT2D eigenvalue weighted by molar-refractivity contribution is 9.10. The second kappa shape index (κ2) is 8.96. The van der Waals surface area contributed by atoms with Crippen LogP contribution in [0.1, 0.15) is 23.7 Å². The van der Waals surface area contributed by atoms with Gasteiger partial charge in [-0.05, 0) is 46.6 Å². The Morgan fingerprint density at radius 2 is 2.15 bits per heavy atom. The van der Waals surface area contributed by atoms with Crippen LogP contribution in [0.4, 0.5) is 5.13 Å². The maximum Gasteiger partial charge on any atom is 0.257 e. The van der Waals surface area contributed by atoms with Gasteiger partial charge >= 0.3 is 0 Å². The smallest absolute Gasteiger partial charge is 0.257 e. The zero-order chi connectivity index (χ0) is 19.2. The quantitative estimate of drug-likeness (QED) is 0.550. The number of hydrogen-bond acceptors (Lipinski definition) is 6. The van der Waals surface area contributed by atoms with Gasteiger partial charge in [0.1, 0.15) is 5.69 Å². The zero-order valence-electron chi connectivity index (χ0n) is 14.9. The van der Waals surface area contributed by atoms with Gasteiger partial charge in [-0.25, -0.2) is 4.98 Å². The van der Waals surface area contributed by atoms with Gasteiger partial charge in [-0.15, -0.1) is 11.3 Å². The number of carbonyl (C=O) groups excluding carboxylic acids is 1. The SMILES string of the molecule is CCCOc1c(Br)cc(C(=O)Nc2nc(-c3ccccn3)cs2)cc1OC. The molecule has 2 aromatic heterocycles. The Bertz CT molecular complexity index is 931. The van der Waals surface area contributed by atoms with E-state index in [2.05, 4.69) is 31.2 Å². The first kappa shape index (κ1) is 19.3. The Morgan fingerprint density at radius 1 is 1.30 bits per heavy atom. The topological polar surface area (TPSA) is 73.3 Å². The number of anilines is 1. The van der Waals surface area contributed by atoms with Gasteiger partial charge in [-0.3, -0.25) is 15.1 Å². The van der Waals surface area contributed by atoms with Gasteiger partial charge in [0.15, 0.2) is 16.6 Å².